The molecule has 0 aliphatic rings. The number of halogens is 3. The molecule has 0 fully saturated rings. The second-order valence-electron chi connectivity index (χ2n) is 3.71. The van der Waals surface area contributed by atoms with Crippen LogP contribution < -0.4 is 16.2 Å². The number of aromatic nitrogens is 1. The number of rotatable bonds is 5. The van der Waals surface area contributed by atoms with Gasteiger partial charge in [-0.2, -0.15) is 0 Å². The summed E-state index contributed by atoms with van der Waals surface area (Å²) in [5.74, 6) is -1.34. The molecule has 0 unspecified atom stereocenters. The number of hydrogen-bond acceptors (Lipinski definition) is 6. The maximum absolute atomic E-state index is 12.2. The molecule has 0 saturated carbocycles. The highest BCUT2D eigenvalue weighted by molar-refractivity contribution is 5.76. The molecule has 0 saturated heterocycles. The van der Waals surface area contributed by atoms with E-state index in [9.17, 15) is 18.0 Å². The van der Waals surface area contributed by atoms with Crippen molar-refractivity contribution in [3.63, 3.8) is 0 Å². The van der Waals surface area contributed by atoms with E-state index < -0.39 is 18.2 Å². The molecule has 9 heteroatoms. The van der Waals surface area contributed by atoms with Gasteiger partial charge in [-0.05, 0) is 12.5 Å². The summed E-state index contributed by atoms with van der Waals surface area (Å²) < 4.78 is 45.2. The lowest BCUT2D eigenvalue weighted by atomic mass is 10.0. The first-order valence-corrected chi connectivity index (χ1v) is 5.66. The van der Waals surface area contributed by atoms with Crippen LogP contribution in [0.4, 0.5) is 18.9 Å². The summed E-state index contributed by atoms with van der Waals surface area (Å²) in [7, 11) is 0. The molecule has 0 aliphatic carbocycles. The lowest BCUT2D eigenvalue weighted by Crippen LogP contribution is -2.21. The van der Waals surface area contributed by atoms with Gasteiger partial charge in [-0.15, -0.1) is 13.2 Å². The number of carbonyl (C=O) groups excluding carboxylic acids is 1. The summed E-state index contributed by atoms with van der Waals surface area (Å²) in [5, 5.41) is 0. The Bertz CT molecular complexity index is 492. The van der Waals surface area contributed by atoms with E-state index in [1.54, 1.807) is 6.92 Å². The molecule has 0 atom stereocenters. The molecular weight excluding hydrogens is 279 g/mol. The number of esters is 1. The van der Waals surface area contributed by atoms with Gasteiger partial charge in [-0.25, -0.2) is 4.98 Å². The van der Waals surface area contributed by atoms with E-state index in [4.69, 9.17) is 16.2 Å². The van der Waals surface area contributed by atoms with Gasteiger partial charge < -0.3 is 20.9 Å². The largest absolute Gasteiger partial charge is 0.574 e. The molecule has 4 N–H and O–H groups in total. The van der Waals surface area contributed by atoms with Crippen LogP contribution in [0, 0.1) is 0 Å². The average Bonchev–Trinajstić information content (AvgIpc) is 2.32. The predicted molar refractivity (Wildman–Crippen MR) is 63.6 cm³/mol. The maximum atomic E-state index is 12.2. The third-order valence-corrected chi connectivity index (χ3v) is 2.33. The topological polar surface area (TPSA) is 100 Å². The van der Waals surface area contributed by atoms with Crippen molar-refractivity contribution in [2.24, 2.45) is 5.73 Å². The molecule has 0 aliphatic heterocycles. The zero-order valence-corrected chi connectivity index (χ0v) is 10.7. The fourth-order valence-corrected chi connectivity index (χ4v) is 1.56. The number of pyridine rings is 1. The summed E-state index contributed by atoms with van der Waals surface area (Å²) in [6.45, 7) is 1.45. The number of ether oxygens (including phenoxy) is 2. The lowest BCUT2D eigenvalue weighted by molar-refractivity contribution is -0.276. The summed E-state index contributed by atoms with van der Waals surface area (Å²) in [6, 6.07) is 0. The van der Waals surface area contributed by atoms with Gasteiger partial charge in [-0.3, -0.25) is 4.79 Å². The Kier molecular flexibility index (Phi) is 5.14. The maximum Gasteiger partial charge on any atom is 0.574 e. The van der Waals surface area contributed by atoms with E-state index in [0.29, 0.717) is 0 Å². The van der Waals surface area contributed by atoms with E-state index in [0.717, 1.165) is 6.20 Å². The Hall–Kier alpha value is -2.03. The number of nitrogens with zero attached hydrogens (tertiary/aromatic N) is 1. The van der Waals surface area contributed by atoms with Crippen molar-refractivity contribution in [2.45, 2.75) is 26.3 Å². The monoisotopic (exact) mass is 293 g/mol. The Morgan fingerprint density at radius 3 is 2.55 bits per heavy atom. The van der Waals surface area contributed by atoms with Gasteiger partial charge in [0.25, 0.3) is 0 Å². The highest BCUT2D eigenvalue weighted by atomic mass is 19.4. The van der Waals surface area contributed by atoms with Gasteiger partial charge in [0.05, 0.1) is 24.9 Å². The minimum atomic E-state index is -4.91. The Morgan fingerprint density at radius 2 is 2.05 bits per heavy atom. The highest BCUT2D eigenvalue weighted by Crippen LogP contribution is 2.29. The third-order valence-electron chi connectivity index (χ3n) is 2.33. The van der Waals surface area contributed by atoms with Crippen molar-refractivity contribution >= 4 is 11.7 Å². The van der Waals surface area contributed by atoms with Crippen LogP contribution in [0.5, 0.6) is 5.88 Å². The van der Waals surface area contributed by atoms with Crippen LogP contribution in [0.15, 0.2) is 6.20 Å². The zero-order valence-electron chi connectivity index (χ0n) is 10.7. The minimum absolute atomic E-state index is 0.0491. The third kappa shape index (κ3) is 4.26. The van der Waals surface area contributed by atoms with E-state index in [2.05, 4.69) is 9.72 Å². The quantitative estimate of drug-likeness (QED) is 0.789. The highest BCUT2D eigenvalue weighted by Gasteiger charge is 2.33. The SMILES string of the molecule is CCOC(=O)Cc1c(N)cnc(OC(F)(F)F)c1CN. The van der Waals surface area contributed by atoms with Crippen LogP contribution in [0.2, 0.25) is 0 Å². The fraction of sp³-hybridized carbons (Fsp3) is 0.455. The lowest BCUT2D eigenvalue weighted by Gasteiger charge is -2.16. The fourth-order valence-electron chi connectivity index (χ4n) is 1.56. The van der Waals surface area contributed by atoms with Gasteiger partial charge in [0.15, 0.2) is 0 Å². The number of alkyl halides is 3. The first-order valence-electron chi connectivity index (χ1n) is 5.66. The number of hydrogen-bond donors (Lipinski definition) is 2. The van der Waals surface area contributed by atoms with E-state index >= 15 is 0 Å². The molecule has 0 aromatic carbocycles. The van der Waals surface area contributed by atoms with Gasteiger partial charge in [-0.1, -0.05) is 0 Å². The van der Waals surface area contributed by atoms with Gasteiger partial charge in [0, 0.05) is 12.1 Å². The van der Waals surface area contributed by atoms with Crippen LogP contribution in [0.25, 0.3) is 0 Å². The molecule has 1 rings (SSSR count). The molecule has 0 radical (unpaired) electrons. The van der Waals surface area contributed by atoms with Crippen LogP contribution in [0.1, 0.15) is 18.1 Å². The molecular formula is C11H14F3N3O3. The van der Waals surface area contributed by atoms with Crippen molar-refractivity contribution in [1.82, 2.24) is 4.98 Å². The first-order chi connectivity index (χ1) is 9.28. The van der Waals surface area contributed by atoms with Crippen molar-refractivity contribution in [2.75, 3.05) is 12.3 Å². The van der Waals surface area contributed by atoms with E-state index in [1.807, 2.05) is 0 Å². The standard InChI is InChI=1S/C11H14F3N3O3/c1-2-19-9(18)3-6-7(4-15)10(17-5-8(6)16)20-11(12,13)14/h5H,2-4,15-16H2,1H3. The van der Waals surface area contributed by atoms with Crippen LogP contribution in [-0.2, 0) is 22.5 Å². The second-order valence-corrected chi connectivity index (χ2v) is 3.71. The normalized spacial score (nSPS) is 11.2. The van der Waals surface area contributed by atoms with Crippen molar-refractivity contribution in [3.8, 4) is 5.88 Å². The Balaban J connectivity index is 3.14. The smallest absolute Gasteiger partial charge is 0.466 e. The van der Waals surface area contributed by atoms with Gasteiger partial charge >= 0.3 is 12.3 Å². The minimum Gasteiger partial charge on any atom is -0.466 e. The summed E-state index contributed by atoms with van der Waals surface area (Å²) in [4.78, 5) is 14.9. The second kappa shape index (κ2) is 6.42. The van der Waals surface area contributed by atoms with Crippen LogP contribution in [-0.4, -0.2) is 23.9 Å². The summed E-state index contributed by atoms with van der Waals surface area (Å²) in [5.41, 5.74) is 11.1. The first kappa shape index (κ1) is 16.0. The molecule has 20 heavy (non-hydrogen) atoms. The molecule has 1 aromatic rings. The number of nitrogen functional groups attached to an aromatic ring is 1. The van der Waals surface area contributed by atoms with Crippen LogP contribution >= 0.6 is 0 Å². The molecule has 0 spiro atoms. The van der Waals surface area contributed by atoms with Crippen molar-refractivity contribution in [3.05, 3.63) is 17.3 Å². The average molecular weight is 293 g/mol. The Morgan fingerprint density at radius 1 is 1.40 bits per heavy atom. The predicted octanol–water partition coefficient (Wildman–Crippen LogP) is 1.13. The van der Waals surface area contributed by atoms with E-state index in [-0.39, 0.29) is 36.4 Å². The van der Waals surface area contributed by atoms with Crippen LogP contribution in [0.3, 0.4) is 0 Å². The summed E-state index contributed by atoms with van der Waals surface area (Å²) >= 11 is 0. The molecule has 112 valence electrons. The van der Waals surface area contributed by atoms with Crippen molar-refractivity contribution in [1.29, 1.82) is 0 Å². The number of nitrogens with two attached hydrogens (primary N) is 2. The Labute approximate surface area is 112 Å². The molecule has 1 heterocycles. The molecule has 1 aromatic heterocycles. The molecule has 0 amide bonds. The van der Waals surface area contributed by atoms with Crippen molar-refractivity contribution < 1.29 is 27.4 Å². The van der Waals surface area contributed by atoms with Gasteiger partial charge in [0.2, 0.25) is 5.88 Å². The number of anilines is 1. The molecule has 6 nitrogen and oxygen atoms in total. The van der Waals surface area contributed by atoms with Gasteiger partial charge in [0.1, 0.15) is 0 Å². The summed E-state index contributed by atoms with van der Waals surface area (Å²) in [6.07, 6.45) is -4.23. The molecule has 0 bridgehead atoms. The zero-order chi connectivity index (χ0) is 15.3. The van der Waals surface area contributed by atoms with E-state index in [1.165, 1.54) is 0 Å². The number of carbonyl (C=O) groups is 1.